The Balaban J connectivity index is 2.86. The molecule has 0 N–H and O–H groups in total. The summed E-state index contributed by atoms with van der Waals surface area (Å²) in [5, 5.41) is 11.9. The smallest absolute Gasteiger partial charge is 0.291 e. The van der Waals surface area contributed by atoms with Gasteiger partial charge in [-0.2, -0.15) is 5.10 Å². The Morgan fingerprint density at radius 2 is 1.71 bits per heavy atom. The largest absolute Gasteiger partial charge is 0.296 e. The van der Waals surface area contributed by atoms with Crippen molar-refractivity contribution in [2.75, 3.05) is 0 Å². The molecule has 0 atom stereocenters. The zero-order chi connectivity index (χ0) is 16.2. The van der Waals surface area contributed by atoms with E-state index in [1.807, 2.05) is 41.7 Å². The fraction of sp³-hybridized carbons (Fsp3) is 0.583. The van der Waals surface area contributed by atoms with E-state index in [4.69, 9.17) is 10.7 Å². The highest BCUT2D eigenvalue weighted by Crippen LogP contribution is 2.32. The molecule has 0 aliphatic rings. The standard InChI is InChI=1S/C12H18ClN5O2S/c1-7-9(8(2)17(6)16-7)10-14-15-11(21(13,19)20)18(10)12(3,4)5/h1-6H3. The molecule has 0 unspecified atom stereocenters. The summed E-state index contributed by atoms with van der Waals surface area (Å²) in [5.74, 6) is 0.449. The summed E-state index contributed by atoms with van der Waals surface area (Å²) in [5.41, 5.74) is 1.85. The highest BCUT2D eigenvalue weighted by atomic mass is 35.7. The Labute approximate surface area is 128 Å². The first kappa shape index (κ1) is 16.0. The van der Waals surface area contributed by atoms with Gasteiger partial charge in [0.25, 0.3) is 14.2 Å². The molecule has 0 aliphatic carbocycles. The van der Waals surface area contributed by atoms with Crippen molar-refractivity contribution in [3.8, 4) is 11.4 Å². The molecule has 0 aromatic carbocycles. The Bertz CT molecular complexity index is 798. The maximum atomic E-state index is 11.7. The van der Waals surface area contributed by atoms with Crippen molar-refractivity contribution in [1.82, 2.24) is 24.5 Å². The van der Waals surface area contributed by atoms with Gasteiger partial charge in [0.1, 0.15) is 0 Å². The predicted molar refractivity (Wildman–Crippen MR) is 79.7 cm³/mol. The lowest BCUT2D eigenvalue weighted by Crippen LogP contribution is -2.26. The maximum absolute atomic E-state index is 11.7. The van der Waals surface area contributed by atoms with Gasteiger partial charge < -0.3 is 0 Å². The Hall–Kier alpha value is -1.41. The van der Waals surface area contributed by atoms with Crippen molar-refractivity contribution >= 4 is 19.7 Å². The molecule has 2 rings (SSSR count). The first-order chi connectivity index (χ1) is 9.44. The molecule has 0 radical (unpaired) electrons. The molecule has 21 heavy (non-hydrogen) atoms. The van der Waals surface area contributed by atoms with Crippen molar-refractivity contribution in [2.24, 2.45) is 7.05 Å². The highest BCUT2D eigenvalue weighted by Gasteiger charge is 2.32. The number of hydrogen-bond donors (Lipinski definition) is 0. The zero-order valence-corrected chi connectivity index (χ0v) is 14.4. The molecule has 0 saturated heterocycles. The molecule has 2 aromatic heterocycles. The molecule has 9 heteroatoms. The molecule has 0 amide bonds. The van der Waals surface area contributed by atoms with Crippen molar-refractivity contribution in [3.05, 3.63) is 11.4 Å². The minimum Gasteiger partial charge on any atom is -0.291 e. The Morgan fingerprint density at radius 3 is 2.10 bits per heavy atom. The lowest BCUT2D eigenvalue weighted by Gasteiger charge is -2.24. The van der Waals surface area contributed by atoms with Crippen LogP contribution in [0.1, 0.15) is 32.2 Å². The average Bonchev–Trinajstić information content (AvgIpc) is 2.80. The maximum Gasteiger partial charge on any atom is 0.296 e. The predicted octanol–water partition coefficient (Wildman–Crippen LogP) is 1.98. The summed E-state index contributed by atoms with van der Waals surface area (Å²) in [6.45, 7) is 9.34. The van der Waals surface area contributed by atoms with Gasteiger partial charge in [-0.05, 0) is 34.6 Å². The summed E-state index contributed by atoms with van der Waals surface area (Å²) >= 11 is 0. The fourth-order valence-electron chi connectivity index (χ4n) is 2.29. The van der Waals surface area contributed by atoms with Crippen LogP contribution in [0.3, 0.4) is 0 Å². The molecular weight excluding hydrogens is 314 g/mol. The van der Waals surface area contributed by atoms with E-state index in [1.54, 1.807) is 4.68 Å². The van der Waals surface area contributed by atoms with E-state index in [-0.39, 0.29) is 5.16 Å². The lowest BCUT2D eigenvalue weighted by molar-refractivity contribution is 0.367. The van der Waals surface area contributed by atoms with Gasteiger partial charge in [-0.15, -0.1) is 10.2 Å². The third-order valence-corrected chi connectivity index (χ3v) is 4.37. The van der Waals surface area contributed by atoms with Crippen LogP contribution >= 0.6 is 10.7 Å². The van der Waals surface area contributed by atoms with Gasteiger partial charge in [0.05, 0.1) is 11.3 Å². The van der Waals surface area contributed by atoms with E-state index in [0.717, 1.165) is 17.0 Å². The van der Waals surface area contributed by atoms with Crippen molar-refractivity contribution in [1.29, 1.82) is 0 Å². The van der Waals surface area contributed by atoms with Crippen LogP contribution in [0.5, 0.6) is 0 Å². The van der Waals surface area contributed by atoms with E-state index in [2.05, 4.69) is 15.3 Å². The second-order valence-electron chi connectivity index (χ2n) is 5.92. The molecule has 0 aliphatic heterocycles. The summed E-state index contributed by atoms with van der Waals surface area (Å²) in [4.78, 5) is 0. The van der Waals surface area contributed by atoms with Crippen molar-refractivity contribution in [3.63, 3.8) is 0 Å². The molecule has 0 fully saturated rings. The molecule has 2 aromatic rings. The Morgan fingerprint density at radius 1 is 1.14 bits per heavy atom. The first-order valence-electron chi connectivity index (χ1n) is 6.35. The van der Waals surface area contributed by atoms with Crippen molar-refractivity contribution < 1.29 is 8.42 Å². The minimum absolute atomic E-state index is 0.255. The van der Waals surface area contributed by atoms with Gasteiger partial charge in [-0.1, -0.05) is 0 Å². The monoisotopic (exact) mass is 331 g/mol. The van der Waals surface area contributed by atoms with Gasteiger partial charge in [-0.3, -0.25) is 9.25 Å². The minimum atomic E-state index is -3.99. The summed E-state index contributed by atoms with van der Waals surface area (Å²) in [6.07, 6.45) is 0. The van der Waals surface area contributed by atoms with Crippen LogP contribution in [0, 0.1) is 13.8 Å². The number of rotatable bonds is 2. The zero-order valence-electron chi connectivity index (χ0n) is 12.8. The number of nitrogens with zero attached hydrogens (tertiary/aromatic N) is 5. The molecule has 0 bridgehead atoms. The highest BCUT2D eigenvalue weighted by molar-refractivity contribution is 8.13. The second-order valence-corrected chi connectivity index (χ2v) is 8.38. The number of hydrogen-bond acceptors (Lipinski definition) is 5. The van der Waals surface area contributed by atoms with Gasteiger partial charge in [-0.25, -0.2) is 8.42 Å². The number of halogens is 1. The van der Waals surface area contributed by atoms with Crippen LogP contribution in [0.25, 0.3) is 11.4 Å². The van der Waals surface area contributed by atoms with E-state index >= 15 is 0 Å². The van der Waals surface area contributed by atoms with Crippen LogP contribution in [-0.2, 0) is 21.6 Å². The molecule has 0 saturated carbocycles. The fourth-order valence-corrected chi connectivity index (χ4v) is 3.31. The van der Waals surface area contributed by atoms with Gasteiger partial charge in [0, 0.05) is 29.0 Å². The molecular formula is C12H18ClN5O2S. The number of aromatic nitrogens is 5. The average molecular weight is 332 g/mol. The van der Waals surface area contributed by atoms with E-state index in [1.165, 1.54) is 4.57 Å². The Kier molecular flexibility index (Phi) is 3.66. The second kappa shape index (κ2) is 4.81. The van der Waals surface area contributed by atoms with E-state index in [0.29, 0.717) is 5.82 Å². The molecule has 0 spiro atoms. The van der Waals surface area contributed by atoms with Crippen molar-refractivity contribution in [2.45, 2.75) is 45.3 Å². The topological polar surface area (TPSA) is 82.7 Å². The lowest BCUT2D eigenvalue weighted by atomic mass is 10.1. The van der Waals surface area contributed by atoms with Gasteiger partial charge in [0.2, 0.25) is 0 Å². The van der Waals surface area contributed by atoms with Crippen LogP contribution in [0.4, 0.5) is 0 Å². The third-order valence-electron chi connectivity index (χ3n) is 3.25. The SMILES string of the molecule is Cc1nn(C)c(C)c1-c1nnc(S(=O)(=O)Cl)n1C(C)(C)C. The van der Waals surface area contributed by atoms with Gasteiger partial charge in [0.15, 0.2) is 5.82 Å². The summed E-state index contributed by atoms with van der Waals surface area (Å²) in [6, 6.07) is 0. The van der Waals surface area contributed by atoms with Crippen LogP contribution in [-0.4, -0.2) is 33.0 Å². The quantitative estimate of drug-likeness (QED) is 0.786. The normalized spacial score (nSPS) is 12.9. The van der Waals surface area contributed by atoms with E-state index in [9.17, 15) is 8.42 Å². The third kappa shape index (κ3) is 2.69. The van der Waals surface area contributed by atoms with Crippen LogP contribution < -0.4 is 0 Å². The molecule has 116 valence electrons. The van der Waals surface area contributed by atoms with Crippen LogP contribution in [0.15, 0.2) is 5.16 Å². The van der Waals surface area contributed by atoms with Crippen LogP contribution in [0.2, 0.25) is 0 Å². The molecule has 2 heterocycles. The summed E-state index contributed by atoms with van der Waals surface area (Å²) < 4.78 is 26.7. The molecule has 7 nitrogen and oxygen atoms in total. The van der Waals surface area contributed by atoms with Gasteiger partial charge >= 0.3 is 0 Å². The number of aryl methyl sites for hydroxylation is 2. The first-order valence-corrected chi connectivity index (χ1v) is 8.66. The summed E-state index contributed by atoms with van der Waals surface area (Å²) in [7, 11) is 3.32. The van der Waals surface area contributed by atoms with E-state index < -0.39 is 14.6 Å².